The SMILES string of the molecule is COc1ccc2c(c1OC)CCNC2c1ccc(I)cc1. The summed E-state index contributed by atoms with van der Waals surface area (Å²) < 4.78 is 12.2. The van der Waals surface area contributed by atoms with Gasteiger partial charge < -0.3 is 14.8 Å². The lowest BCUT2D eigenvalue weighted by Crippen LogP contribution is -2.30. The van der Waals surface area contributed by atoms with E-state index in [1.165, 1.54) is 20.3 Å². The number of benzene rings is 2. The molecule has 0 amide bonds. The number of methoxy groups -OCH3 is 2. The van der Waals surface area contributed by atoms with Crippen molar-refractivity contribution >= 4 is 22.6 Å². The van der Waals surface area contributed by atoms with E-state index in [9.17, 15) is 0 Å². The number of hydrogen-bond donors (Lipinski definition) is 1. The van der Waals surface area contributed by atoms with E-state index in [1.54, 1.807) is 14.2 Å². The smallest absolute Gasteiger partial charge is 0.164 e. The molecular weight excluding hydrogens is 377 g/mol. The standard InChI is InChI=1S/C17H18INO2/c1-20-15-8-7-13-14(17(15)21-2)9-10-19-16(13)11-3-5-12(18)6-4-11/h3-8,16,19H,9-10H2,1-2H3. The lowest BCUT2D eigenvalue weighted by molar-refractivity contribution is 0.348. The van der Waals surface area contributed by atoms with Gasteiger partial charge in [0.2, 0.25) is 0 Å². The van der Waals surface area contributed by atoms with Gasteiger partial charge in [0.05, 0.1) is 20.3 Å². The third kappa shape index (κ3) is 2.74. The highest BCUT2D eigenvalue weighted by molar-refractivity contribution is 14.1. The van der Waals surface area contributed by atoms with Crippen LogP contribution in [0.4, 0.5) is 0 Å². The summed E-state index contributed by atoms with van der Waals surface area (Å²) in [6, 6.07) is 13.0. The normalized spacial score (nSPS) is 17.2. The van der Waals surface area contributed by atoms with Crippen LogP contribution in [0.1, 0.15) is 22.7 Å². The van der Waals surface area contributed by atoms with E-state index in [0.717, 1.165) is 24.5 Å². The van der Waals surface area contributed by atoms with Crippen molar-refractivity contribution in [1.82, 2.24) is 5.32 Å². The summed E-state index contributed by atoms with van der Waals surface area (Å²) in [4.78, 5) is 0. The molecule has 1 aliphatic rings. The highest BCUT2D eigenvalue weighted by Gasteiger charge is 2.25. The van der Waals surface area contributed by atoms with Crippen LogP contribution >= 0.6 is 22.6 Å². The van der Waals surface area contributed by atoms with Crippen LogP contribution in [-0.4, -0.2) is 20.8 Å². The van der Waals surface area contributed by atoms with Crippen molar-refractivity contribution in [2.75, 3.05) is 20.8 Å². The maximum atomic E-state index is 5.58. The molecule has 2 aromatic carbocycles. The molecule has 1 unspecified atom stereocenters. The fourth-order valence-electron chi connectivity index (χ4n) is 2.94. The van der Waals surface area contributed by atoms with Gasteiger partial charge in [-0.2, -0.15) is 0 Å². The van der Waals surface area contributed by atoms with Gasteiger partial charge in [-0.25, -0.2) is 0 Å². The Balaban J connectivity index is 2.08. The van der Waals surface area contributed by atoms with Crippen LogP contribution in [-0.2, 0) is 6.42 Å². The second-order valence-corrected chi connectivity index (χ2v) is 6.30. The molecule has 0 fully saturated rings. The summed E-state index contributed by atoms with van der Waals surface area (Å²) in [5, 5.41) is 3.60. The average molecular weight is 395 g/mol. The van der Waals surface area contributed by atoms with E-state index in [0.29, 0.717) is 0 Å². The minimum absolute atomic E-state index is 0.213. The van der Waals surface area contributed by atoms with Crippen LogP contribution in [0.25, 0.3) is 0 Å². The predicted octanol–water partition coefficient (Wildman–Crippen LogP) is 3.54. The molecule has 1 atom stereocenters. The number of nitrogens with one attached hydrogen (secondary N) is 1. The number of halogens is 1. The third-order valence-electron chi connectivity index (χ3n) is 3.92. The number of ether oxygens (including phenoxy) is 2. The van der Waals surface area contributed by atoms with Crippen molar-refractivity contribution < 1.29 is 9.47 Å². The van der Waals surface area contributed by atoms with E-state index < -0.39 is 0 Å². The second kappa shape index (κ2) is 6.23. The highest BCUT2D eigenvalue weighted by Crippen LogP contribution is 2.39. The lowest BCUT2D eigenvalue weighted by atomic mass is 9.89. The quantitative estimate of drug-likeness (QED) is 0.807. The van der Waals surface area contributed by atoms with Crippen molar-refractivity contribution in [3.05, 3.63) is 56.7 Å². The first kappa shape index (κ1) is 14.7. The van der Waals surface area contributed by atoms with E-state index in [1.807, 2.05) is 6.07 Å². The predicted molar refractivity (Wildman–Crippen MR) is 92.3 cm³/mol. The van der Waals surface area contributed by atoms with Crippen molar-refractivity contribution in [2.24, 2.45) is 0 Å². The summed E-state index contributed by atoms with van der Waals surface area (Å²) in [6.45, 7) is 0.938. The summed E-state index contributed by atoms with van der Waals surface area (Å²) >= 11 is 2.33. The Morgan fingerprint density at radius 2 is 1.81 bits per heavy atom. The van der Waals surface area contributed by atoms with Gasteiger partial charge in [-0.1, -0.05) is 18.2 Å². The van der Waals surface area contributed by atoms with Gasteiger partial charge >= 0.3 is 0 Å². The molecule has 3 nitrogen and oxygen atoms in total. The minimum Gasteiger partial charge on any atom is -0.493 e. The van der Waals surface area contributed by atoms with E-state index in [2.05, 4.69) is 58.2 Å². The topological polar surface area (TPSA) is 30.5 Å². The first-order valence-electron chi connectivity index (χ1n) is 6.97. The Morgan fingerprint density at radius 1 is 1.05 bits per heavy atom. The fourth-order valence-corrected chi connectivity index (χ4v) is 3.30. The van der Waals surface area contributed by atoms with Crippen LogP contribution in [0.3, 0.4) is 0 Å². The Labute approximate surface area is 138 Å². The van der Waals surface area contributed by atoms with Gasteiger partial charge in [0.1, 0.15) is 0 Å². The fraction of sp³-hybridized carbons (Fsp3) is 0.294. The molecule has 110 valence electrons. The largest absolute Gasteiger partial charge is 0.493 e. The van der Waals surface area contributed by atoms with Crippen LogP contribution < -0.4 is 14.8 Å². The van der Waals surface area contributed by atoms with Gasteiger partial charge in [0.15, 0.2) is 11.5 Å². The molecule has 0 spiro atoms. The monoisotopic (exact) mass is 395 g/mol. The molecule has 3 rings (SSSR count). The zero-order chi connectivity index (χ0) is 14.8. The van der Waals surface area contributed by atoms with Crippen molar-refractivity contribution in [2.45, 2.75) is 12.5 Å². The Morgan fingerprint density at radius 3 is 2.48 bits per heavy atom. The third-order valence-corrected chi connectivity index (χ3v) is 4.64. The zero-order valence-corrected chi connectivity index (χ0v) is 14.3. The molecule has 1 N–H and O–H groups in total. The molecule has 0 saturated heterocycles. The molecular formula is C17H18INO2. The molecule has 1 aliphatic heterocycles. The molecule has 1 heterocycles. The Hall–Kier alpha value is -1.27. The van der Waals surface area contributed by atoms with Crippen LogP contribution in [0.2, 0.25) is 0 Å². The molecule has 0 bridgehead atoms. The maximum absolute atomic E-state index is 5.58. The van der Waals surface area contributed by atoms with Crippen molar-refractivity contribution in [3.63, 3.8) is 0 Å². The first-order chi connectivity index (χ1) is 10.2. The minimum atomic E-state index is 0.213. The van der Waals surface area contributed by atoms with Gasteiger partial charge in [-0.3, -0.25) is 0 Å². The van der Waals surface area contributed by atoms with Gasteiger partial charge in [-0.05, 0) is 58.3 Å². The van der Waals surface area contributed by atoms with Crippen LogP contribution in [0.15, 0.2) is 36.4 Å². The van der Waals surface area contributed by atoms with E-state index in [-0.39, 0.29) is 6.04 Å². The Bertz CT molecular complexity index is 640. The molecule has 0 aromatic heterocycles. The summed E-state index contributed by atoms with van der Waals surface area (Å²) in [6.07, 6.45) is 0.955. The van der Waals surface area contributed by atoms with Gasteiger partial charge in [0, 0.05) is 15.7 Å². The molecule has 0 aliphatic carbocycles. The van der Waals surface area contributed by atoms with Crippen molar-refractivity contribution in [1.29, 1.82) is 0 Å². The highest BCUT2D eigenvalue weighted by atomic mass is 127. The van der Waals surface area contributed by atoms with Crippen LogP contribution in [0, 0.1) is 3.57 Å². The second-order valence-electron chi connectivity index (χ2n) is 5.06. The summed E-state index contributed by atoms with van der Waals surface area (Å²) in [5.41, 5.74) is 3.81. The molecule has 0 saturated carbocycles. The molecule has 0 radical (unpaired) electrons. The Kier molecular flexibility index (Phi) is 4.35. The van der Waals surface area contributed by atoms with Crippen LogP contribution in [0.5, 0.6) is 11.5 Å². The van der Waals surface area contributed by atoms with Crippen molar-refractivity contribution in [3.8, 4) is 11.5 Å². The number of rotatable bonds is 3. The van der Waals surface area contributed by atoms with Gasteiger partial charge in [0.25, 0.3) is 0 Å². The number of fused-ring (bicyclic) bond motifs is 1. The van der Waals surface area contributed by atoms with E-state index in [4.69, 9.17) is 9.47 Å². The summed E-state index contributed by atoms with van der Waals surface area (Å²) in [5.74, 6) is 1.67. The number of hydrogen-bond acceptors (Lipinski definition) is 3. The molecule has 21 heavy (non-hydrogen) atoms. The lowest BCUT2D eigenvalue weighted by Gasteiger charge is -2.29. The molecule has 4 heteroatoms. The molecule has 2 aromatic rings. The van der Waals surface area contributed by atoms with Gasteiger partial charge in [-0.15, -0.1) is 0 Å². The van der Waals surface area contributed by atoms with E-state index >= 15 is 0 Å². The summed E-state index contributed by atoms with van der Waals surface area (Å²) in [7, 11) is 3.39. The maximum Gasteiger partial charge on any atom is 0.164 e. The average Bonchev–Trinajstić information content (AvgIpc) is 2.53. The first-order valence-corrected chi connectivity index (χ1v) is 8.05. The zero-order valence-electron chi connectivity index (χ0n) is 12.2.